The molecule has 0 radical (unpaired) electrons. The van der Waals surface area contributed by atoms with Crippen LogP contribution in [0.1, 0.15) is 15.4 Å². The van der Waals surface area contributed by atoms with Crippen LogP contribution in [0.2, 0.25) is 0 Å². The average Bonchev–Trinajstić information content (AvgIpc) is 3.40. The maximum absolute atomic E-state index is 12.7. The van der Waals surface area contributed by atoms with E-state index in [2.05, 4.69) is 15.0 Å². The number of nitrogens with zero attached hydrogens (tertiary/aromatic N) is 1. The molecule has 164 valence electrons. The van der Waals surface area contributed by atoms with Crippen molar-refractivity contribution >= 4 is 43.7 Å². The molecule has 0 aliphatic carbocycles. The van der Waals surface area contributed by atoms with E-state index >= 15 is 0 Å². The number of amides is 2. The molecule has 4 rings (SSSR count). The Morgan fingerprint density at radius 1 is 0.906 bits per heavy atom. The number of carbonyl (C=O) groups excluding carboxylic acids is 1. The minimum absolute atomic E-state index is 0.111. The van der Waals surface area contributed by atoms with Crippen molar-refractivity contribution in [3.05, 3.63) is 88.2 Å². The topological polar surface area (TPSA) is 88.2 Å². The first-order valence-electron chi connectivity index (χ1n) is 9.90. The van der Waals surface area contributed by atoms with Gasteiger partial charge in [-0.15, -0.1) is 22.7 Å². The lowest BCUT2D eigenvalue weighted by Gasteiger charge is -2.07. The van der Waals surface area contributed by atoms with Crippen LogP contribution >= 0.6 is 22.7 Å². The van der Waals surface area contributed by atoms with Crippen LogP contribution < -0.4 is 10.0 Å². The van der Waals surface area contributed by atoms with E-state index in [9.17, 15) is 13.2 Å². The summed E-state index contributed by atoms with van der Waals surface area (Å²) < 4.78 is 27.6. The molecule has 0 bridgehead atoms. The van der Waals surface area contributed by atoms with Crippen LogP contribution in [0.25, 0.3) is 11.3 Å². The lowest BCUT2D eigenvalue weighted by Crippen LogP contribution is -2.33. The number of thiazole rings is 1. The molecule has 2 N–H and O–H groups in total. The van der Waals surface area contributed by atoms with Crippen molar-refractivity contribution in [3.8, 4) is 11.3 Å². The molecular formula is C23H21N3O3S3. The number of aromatic nitrogens is 1. The van der Waals surface area contributed by atoms with Crippen molar-refractivity contribution in [3.63, 3.8) is 0 Å². The normalized spacial score (nSPS) is 11.3. The number of urea groups is 1. The molecular weight excluding hydrogens is 462 g/mol. The Bertz CT molecular complexity index is 1310. The summed E-state index contributed by atoms with van der Waals surface area (Å²) in [6.07, 6.45) is 1.55. The SMILES string of the molecule is Cc1nc(-c2ccccc2)c(NC(=O)NS(=O)(=O)c2ccc(CCc3ccccc3)s2)s1. The van der Waals surface area contributed by atoms with E-state index in [-0.39, 0.29) is 4.21 Å². The van der Waals surface area contributed by atoms with Gasteiger partial charge in [0, 0.05) is 10.4 Å². The highest BCUT2D eigenvalue weighted by atomic mass is 32.2. The van der Waals surface area contributed by atoms with Crippen LogP contribution in [0, 0.1) is 6.92 Å². The van der Waals surface area contributed by atoms with E-state index in [1.807, 2.05) is 67.6 Å². The molecule has 0 unspecified atom stereocenters. The first-order valence-corrected chi connectivity index (χ1v) is 13.0. The van der Waals surface area contributed by atoms with Gasteiger partial charge in [0.2, 0.25) is 0 Å². The largest absolute Gasteiger partial charge is 0.333 e. The number of benzene rings is 2. The molecule has 2 aromatic carbocycles. The van der Waals surface area contributed by atoms with E-state index in [4.69, 9.17) is 0 Å². The maximum Gasteiger partial charge on any atom is 0.333 e. The summed E-state index contributed by atoms with van der Waals surface area (Å²) in [7, 11) is -3.97. The third-order valence-electron chi connectivity index (χ3n) is 4.64. The van der Waals surface area contributed by atoms with Crippen molar-refractivity contribution in [2.24, 2.45) is 0 Å². The van der Waals surface area contributed by atoms with Gasteiger partial charge in [-0.1, -0.05) is 60.7 Å². The number of anilines is 1. The number of aryl methyl sites for hydroxylation is 3. The van der Waals surface area contributed by atoms with Crippen LogP contribution in [-0.4, -0.2) is 19.4 Å². The van der Waals surface area contributed by atoms with Crippen LogP contribution in [0.5, 0.6) is 0 Å². The van der Waals surface area contributed by atoms with Gasteiger partial charge in [-0.05, 0) is 37.5 Å². The summed E-state index contributed by atoms with van der Waals surface area (Å²) >= 11 is 2.46. The minimum Gasteiger partial charge on any atom is -0.297 e. The van der Waals surface area contributed by atoms with Crippen molar-refractivity contribution in [1.29, 1.82) is 0 Å². The molecule has 2 heterocycles. The molecule has 0 spiro atoms. The Labute approximate surface area is 195 Å². The van der Waals surface area contributed by atoms with Gasteiger partial charge >= 0.3 is 6.03 Å². The standard InChI is InChI=1S/C23H21N3O3S3/c1-16-24-21(18-10-6-3-7-11-18)22(30-16)25-23(27)26-32(28,29)20-15-14-19(31-20)13-12-17-8-4-2-5-9-17/h2-11,14-15H,12-13H2,1H3,(H2,25,26,27). The van der Waals surface area contributed by atoms with Crippen LogP contribution in [0.3, 0.4) is 0 Å². The molecule has 2 aromatic heterocycles. The van der Waals surface area contributed by atoms with Crippen LogP contribution in [-0.2, 0) is 22.9 Å². The van der Waals surface area contributed by atoms with Gasteiger partial charge in [0.1, 0.15) is 14.9 Å². The third kappa shape index (κ3) is 5.42. The molecule has 0 atom stereocenters. The predicted octanol–water partition coefficient (Wildman–Crippen LogP) is 5.48. The fraction of sp³-hybridized carbons (Fsp3) is 0.130. The summed E-state index contributed by atoms with van der Waals surface area (Å²) in [5.74, 6) is 0. The van der Waals surface area contributed by atoms with Gasteiger partial charge in [0.05, 0.1) is 5.01 Å². The highest BCUT2D eigenvalue weighted by Gasteiger charge is 2.22. The van der Waals surface area contributed by atoms with E-state index in [0.29, 0.717) is 10.7 Å². The fourth-order valence-electron chi connectivity index (χ4n) is 3.15. The highest BCUT2D eigenvalue weighted by Crippen LogP contribution is 2.33. The molecule has 0 aliphatic rings. The highest BCUT2D eigenvalue weighted by molar-refractivity contribution is 7.92. The quantitative estimate of drug-likeness (QED) is 0.365. The Balaban J connectivity index is 1.42. The zero-order valence-corrected chi connectivity index (χ0v) is 19.7. The first kappa shape index (κ1) is 22.2. The molecule has 6 nitrogen and oxygen atoms in total. The second-order valence-electron chi connectivity index (χ2n) is 7.04. The number of carbonyl (C=O) groups is 1. The molecule has 0 saturated carbocycles. The second kappa shape index (κ2) is 9.64. The van der Waals surface area contributed by atoms with Crippen LogP contribution in [0.15, 0.2) is 77.0 Å². The van der Waals surface area contributed by atoms with Crippen molar-refractivity contribution in [1.82, 2.24) is 9.71 Å². The van der Waals surface area contributed by atoms with Crippen molar-refractivity contribution < 1.29 is 13.2 Å². The third-order valence-corrected chi connectivity index (χ3v) is 8.49. The molecule has 9 heteroatoms. The lowest BCUT2D eigenvalue weighted by molar-refractivity contribution is 0.256. The minimum atomic E-state index is -3.97. The van der Waals surface area contributed by atoms with E-state index in [0.717, 1.165) is 28.3 Å². The van der Waals surface area contributed by atoms with Crippen molar-refractivity contribution in [2.75, 3.05) is 5.32 Å². The van der Waals surface area contributed by atoms with Crippen LogP contribution in [0.4, 0.5) is 9.80 Å². The van der Waals surface area contributed by atoms with Gasteiger partial charge in [-0.25, -0.2) is 22.9 Å². The average molecular weight is 484 g/mol. The summed E-state index contributed by atoms with van der Waals surface area (Å²) in [5.41, 5.74) is 2.65. The zero-order chi connectivity index (χ0) is 22.6. The second-order valence-corrected chi connectivity index (χ2v) is 11.3. The van der Waals surface area contributed by atoms with Gasteiger partial charge in [-0.3, -0.25) is 5.32 Å². The summed E-state index contributed by atoms with van der Waals surface area (Å²) in [6.45, 7) is 1.83. The first-order chi connectivity index (χ1) is 15.4. The van der Waals surface area contributed by atoms with Gasteiger partial charge < -0.3 is 0 Å². The molecule has 0 aliphatic heterocycles. The number of nitrogens with one attached hydrogen (secondary N) is 2. The number of hydrogen-bond donors (Lipinski definition) is 2. The van der Waals surface area contributed by atoms with Gasteiger partial charge in [0.25, 0.3) is 10.0 Å². The maximum atomic E-state index is 12.7. The Morgan fingerprint density at radius 2 is 1.59 bits per heavy atom. The molecule has 2 amide bonds. The molecule has 0 fully saturated rings. The number of rotatable bonds is 7. The Morgan fingerprint density at radius 3 is 2.31 bits per heavy atom. The zero-order valence-electron chi connectivity index (χ0n) is 17.2. The molecule has 4 aromatic rings. The van der Waals surface area contributed by atoms with E-state index < -0.39 is 16.1 Å². The Kier molecular flexibility index (Phi) is 6.69. The summed E-state index contributed by atoms with van der Waals surface area (Å²) in [4.78, 5) is 17.9. The predicted molar refractivity (Wildman–Crippen MR) is 130 cm³/mol. The number of sulfonamides is 1. The lowest BCUT2D eigenvalue weighted by atomic mass is 10.1. The molecule has 32 heavy (non-hydrogen) atoms. The fourth-order valence-corrected chi connectivity index (χ4v) is 6.25. The Hall–Kier alpha value is -3.01. The van der Waals surface area contributed by atoms with E-state index in [1.54, 1.807) is 6.07 Å². The number of hydrogen-bond acceptors (Lipinski definition) is 6. The monoisotopic (exact) mass is 483 g/mol. The van der Waals surface area contributed by atoms with E-state index in [1.165, 1.54) is 34.3 Å². The smallest absolute Gasteiger partial charge is 0.297 e. The summed E-state index contributed by atoms with van der Waals surface area (Å²) in [6, 6.07) is 22.0. The van der Waals surface area contributed by atoms with Gasteiger partial charge in [-0.2, -0.15) is 0 Å². The van der Waals surface area contributed by atoms with Crippen molar-refractivity contribution in [2.45, 2.75) is 24.0 Å². The number of thiophene rings is 1. The summed E-state index contributed by atoms with van der Waals surface area (Å²) in [5, 5.41) is 3.90. The van der Waals surface area contributed by atoms with Gasteiger partial charge in [0.15, 0.2) is 0 Å². The molecule has 0 saturated heterocycles.